The highest BCUT2D eigenvalue weighted by molar-refractivity contribution is 5.90. The summed E-state index contributed by atoms with van der Waals surface area (Å²) in [5.74, 6) is -0.458. The standard InChI is InChI=1S/C22H20FNO5/c1-15(21(25)24-13-16-7-9-17(23)10-8-16)28-22(26)20-12-11-19(29-20)14-27-18-5-3-2-4-6-18/h2-12,15H,13-14H2,1H3,(H,24,25)/t15-/m1/s1. The van der Waals surface area contributed by atoms with Gasteiger partial charge in [-0.15, -0.1) is 0 Å². The summed E-state index contributed by atoms with van der Waals surface area (Å²) in [5.41, 5.74) is 0.729. The van der Waals surface area contributed by atoms with Crippen LogP contribution in [0.5, 0.6) is 5.75 Å². The average molecular weight is 397 g/mol. The van der Waals surface area contributed by atoms with Crippen LogP contribution < -0.4 is 10.1 Å². The van der Waals surface area contributed by atoms with Gasteiger partial charge in [-0.3, -0.25) is 4.79 Å². The average Bonchev–Trinajstić information content (AvgIpc) is 3.21. The lowest BCUT2D eigenvalue weighted by atomic mass is 10.2. The third-order valence-corrected chi connectivity index (χ3v) is 4.02. The quantitative estimate of drug-likeness (QED) is 0.584. The summed E-state index contributed by atoms with van der Waals surface area (Å²) < 4.78 is 29.0. The monoisotopic (exact) mass is 397 g/mol. The zero-order valence-electron chi connectivity index (χ0n) is 15.8. The van der Waals surface area contributed by atoms with Crippen molar-refractivity contribution < 1.29 is 27.9 Å². The van der Waals surface area contributed by atoms with Crippen molar-refractivity contribution in [2.45, 2.75) is 26.2 Å². The topological polar surface area (TPSA) is 77.8 Å². The second-order valence-corrected chi connectivity index (χ2v) is 6.26. The number of para-hydroxylation sites is 1. The van der Waals surface area contributed by atoms with E-state index in [4.69, 9.17) is 13.9 Å². The molecule has 0 radical (unpaired) electrons. The van der Waals surface area contributed by atoms with Gasteiger partial charge in [0, 0.05) is 6.54 Å². The Morgan fingerprint density at radius 3 is 2.48 bits per heavy atom. The van der Waals surface area contributed by atoms with E-state index in [-0.39, 0.29) is 24.7 Å². The van der Waals surface area contributed by atoms with E-state index in [1.165, 1.54) is 25.1 Å². The number of carbonyl (C=O) groups excluding carboxylic acids is 2. The minimum Gasteiger partial charge on any atom is -0.486 e. The number of amides is 1. The van der Waals surface area contributed by atoms with Gasteiger partial charge in [-0.25, -0.2) is 9.18 Å². The molecule has 3 aromatic rings. The predicted octanol–water partition coefficient (Wildman–Crippen LogP) is 3.86. The largest absolute Gasteiger partial charge is 0.486 e. The Bertz CT molecular complexity index is 953. The second kappa shape index (κ2) is 9.54. The molecule has 3 rings (SSSR count). The smallest absolute Gasteiger partial charge is 0.375 e. The first kappa shape index (κ1) is 20.1. The van der Waals surface area contributed by atoms with E-state index in [1.54, 1.807) is 18.2 Å². The molecule has 29 heavy (non-hydrogen) atoms. The van der Waals surface area contributed by atoms with Gasteiger partial charge in [-0.05, 0) is 48.9 Å². The number of ether oxygens (including phenoxy) is 2. The predicted molar refractivity (Wildman–Crippen MR) is 103 cm³/mol. The molecule has 0 saturated heterocycles. The maximum absolute atomic E-state index is 12.9. The number of hydrogen-bond donors (Lipinski definition) is 1. The van der Waals surface area contributed by atoms with Gasteiger partial charge in [-0.2, -0.15) is 0 Å². The third kappa shape index (κ3) is 5.93. The van der Waals surface area contributed by atoms with E-state index in [9.17, 15) is 14.0 Å². The fourth-order valence-corrected chi connectivity index (χ4v) is 2.44. The fraction of sp³-hybridized carbons (Fsp3) is 0.182. The van der Waals surface area contributed by atoms with Gasteiger partial charge in [0.05, 0.1) is 0 Å². The van der Waals surface area contributed by atoms with Crippen molar-refractivity contribution in [1.82, 2.24) is 5.32 Å². The van der Waals surface area contributed by atoms with Crippen molar-refractivity contribution >= 4 is 11.9 Å². The van der Waals surface area contributed by atoms with E-state index < -0.39 is 18.0 Å². The second-order valence-electron chi connectivity index (χ2n) is 6.26. The molecule has 1 amide bonds. The molecule has 0 fully saturated rings. The van der Waals surface area contributed by atoms with Crippen LogP contribution in [0, 0.1) is 5.82 Å². The molecule has 6 nitrogen and oxygen atoms in total. The molecule has 7 heteroatoms. The van der Waals surface area contributed by atoms with Gasteiger partial charge in [0.1, 0.15) is 23.9 Å². The summed E-state index contributed by atoms with van der Waals surface area (Å²) >= 11 is 0. The summed E-state index contributed by atoms with van der Waals surface area (Å²) in [5, 5.41) is 2.63. The Labute approximate surface area is 167 Å². The third-order valence-electron chi connectivity index (χ3n) is 4.02. The van der Waals surface area contributed by atoms with Gasteiger partial charge >= 0.3 is 5.97 Å². The van der Waals surface area contributed by atoms with Crippen molar-refractivity contribution in [2.75, 3.05) is 0 Å². The highest BCUT2D eigenvalue weighted by atomic mass is 19.1. The van der Waals surface area contributed by atoms with Crippen LogP contribution >= 0.6 is 0 Å². The van der Waals surface area contributed by atoms with E-state index >= 15 is 0 Å². The molecule has 1 atom stereocenters. The summed E-state index contributed by atoms with van der Waals surface area (Å²) in [6.45, 7) is 1.81. The molecule has 0 aliphatic carbocycles. The molecule has 0 bridgehead atoms. The van der Waals surface area contributed by atoms with Crippen LogP contribution in [-0.4, -0.2) is 18.0 Å². The van der Waals surface area contributed by atoms with E-state index in [2.05, 4.69) is 5.32 Å². The summed E-state index contributed by atoms with van der Waals surface area (Å²) in [6, 6.07) is 18.0. The molecule has 2 aromatic carbocycles. The Balaban J connectivity index is 1.47. The van der Waals surface area contributed by atoms with Gasteiger partial charge in [-0.1, -0.05) is 30.3 Å². The first-order valence-electron chi connectivity index (χ1n) is 9.01. The first-order valence-corrected chi connectivity index (χ1v) is 9.01. The first-order chi connectivity index (χ1) is 14.0. The number of esters is 1. The number of nitrogens with one attached hydrogen (secondary N) is 1. The van der Waals surface area contributed by atoms with Crippen molar-refractivity contribution in [2.24, 2.45) is 0 Å². The zero-order valence-corrected chi connectivity index (χ0v) is 15.8. The molecule has 0 spiro atoms. The molecule has 0 aliphatic rings. The lowest BCUT2D eigenvalue weighted by Crippen LogP contribution is -2.35. The van der Waals surface area contributed by atoms with Crippen molar-refractivity contribution in [3.05, 3.63) is 89.6 Å². The molecular formula is C22H20FNO5. The van der Waals surface area contributed by atoms with E-state index in [1.807, 2.05) is 30.3 Å². The summed E-state index contributed by atoms with van der Waals surface area (Å²) in [7, 11) is 0. The molecule has 1 N–H and O–H groups in total. The van der Waals surface area contributed by atoms with Crippen LogP contribution in [0.4, 0.5) is 4.39 Å². The van der Waals surface area contributed by atoms with Gasteiger partial charge in [0.15, 0.2) is 6.10 Å². The van der Waals surface area contributed by atoms with Gasteiger partial charge < -0.3 is 19.2 Å². The van der Waals surface area contributed by atoms with E-state index in [0.717, 1.165) is 5.56 Å². The van der Waals surface area contributed by atoms with Crippen molar-refractivity contribution in [3.8, 4) is 5.75 Å². The van der Waals surface area contributed by atoms with Crippen LogP contribution in [0.3, 0.4) is 0 Å². The summed E-state index contributed by atoms with van der Waals surface area (Å²) in [6.07, 6.45) is -1.02. The number of benzene rings is 2. The molecule has 1 aromatic heterocycles. The number of halogens is 1. The minimum absolute atomic E-state index is 0.0187. The molecule has 1 heterocycles. The van der Waals surface area contributed by atoms with Crippen LogP contribution in [0.15, 0.2) is 71.1 Å². The maximum atomic E-state index is 12.9. The molecule has 150 valence electrons. The lowest BCUT2D eigenvalue weighted by molar-refractivity contribution is -0.129. The van der Waals surface area contributed by atoms with Crippen LogP contribution in [0.25, 0.3) is 0 Å². The number of hydrogen-bond acceptors (Lipinski definition) is 5. The number of furan rings is 1. The Morgan fingerprint density at radius 1 is 1.03 bits per heavy atom. The molecule has 0 saturated carbocycles. The molecule has 0 aliphatic heterocycles. The highest BCUT2D eigenvalue weighted by Gasteiger charge is 2.21. The highest BCUT2D eigenvalue weighted by Crippen LogP contribution is 2.15. The number of carbonyl (C=O) groups is 2. The Morgan fingerprint density at radius 2 is 1.76 bits per heavy atom. The Hall–Kier alpha value is -3.61. The van der Waals surface area contributed by atoms with Gasteiger partial charge in [0.25, 0.3) is 5.91 Å². The summed E-state index contributed by atoms with van der Waals surface area (Å²) in [4.78, 5) is 24.3. The minimum atomic E-state index is -1.02. The van der Waals surface area contributed by atoms with Crippen LogP contribution in [0.1, 0.15) is 28.8 Å². The van der Waals surface area contributed by atoms with Crippen LogP contribution in [-0.2, 0) is 22.7 Å². The molecule has 0 unspecified atom stereocenters. The fourth-order valence-electron chi connectivity index (χ4n) is 2.44. The van der Waals surface area contributed by atoms with Crippen LogP contribution in [0.2, 0.25) is 0 Å². The molecular weight excluding hydrogens is 377 g/mol. The SMILES string of the molecule is C[C@@H](OC(=O)c1ccc(COc2ccccc2)o1)C(=O)NCc1ccc(F)cc1. The lowest BCUT2D eigenvalue weighted by Gasteiger charge is -2.12. The normalized spacial score (nSPS) is 11.5. The Kier molecular flexibility index (Phi) is 6.63. The van der Waals surface area contributed by atoms with Crippen molar-refractivity contribution in [3.63, 3.8) is 0 Å². The van der Waals surface area contributed by atoms with Gasteiger partial charge in [0.2, 0.25) is 5.76 Å². The van der Waals surface area contributed by atoms with E-state index in [0.29, 0.717) is 11.5 Å². The maximum Gasteiger partial charge on any atom is 0.375 e. The zero-order chi connectivity index (χ0) is 20.6. The van der Waals surface area contributed by atoms with Crippen molar-refractivity contribution in [1.29, 1.82) is 0 Å². The number of rotatable bonds is 8.